The molecule has 4 heteroatoms. The highest BCUT2D eigenvalue weighted by atomic mass is 16.5. The first-order valence-electron chi connectivity index (χ1n) is 6.30. The van der Waals surface area contributed by atoms with Gasteiger partial charge in [0.1, 0.15) is 5.75 Å². The van der Waals surface area contributed by atoms with Crippen molar-refractivity contribution in [3.8, 4) is 11.8 Å². The summed E-state index contributed by atoms with van der Waals surface area (Å²) in [5.74, 6) is 0.534. The number of amides is 1. The van der Waals surface area contributed by atoms with E-state index >= 15 is 0 Å². The summed E-state index contributed by atoms with van der Waals surface area (Å²) in [7, 11) is 1.79. The van der Waals surface area contributed by atoms with Crippen molar-refractivity contribution in [3.05, 3.63) is 29.8 Å². The molecule has 0 spiro atoms. The van der Waals surface area contributed by atoms with Gasteiger partial charge in [0.05, 0.1) is 11.6 Å². The molecule has 0 saturated carbocycles. The summed E-state index contributed by atoms with van der Waals surface area (Å²) in [5, 5.41) is 8.68. The number of hydrogen-bond donors (Lipinski definition) is 0. The predicted molar refractivity (Wildman–Crippen MR) is 73.8 cm³/mol. The van der Waals surface area contributed by atoms with Crippen molar-refractivity contribution in [2.24, 2.45) is 0 Å². The van der Waals surface area contributed by atoms with Crippen molar-refractivity contribution in [1.82, 2.24) is 4.90 Å². The topological polar surface area (TPSA) is 53.3 Å². The smallest absolute Gasteiger partial charge is 0.260 e. The molecule has 0 bridgehead atoms. The number of likely N-dealkylation sites (N-methyl/N-ethyl adjacent to an activating group) is 1. The van der Waals surface area contributed by atoms with Crippen molar-refractivity contribution < 1.29 is 9.53 Å². The molecule has 0 fully saturated rings. The molecule has 1 aromatic rings. The number of nitriles is 1. The van der Waals surface area contributed by atoms with E-state index in [9.17, 15) is 4.79 Å². The molecule has 102 valence electrons. The highest BCUT2D eigenvalue weighted by Crippen LogP contribution is 2.17. The summed E-state index contributed by atoms with van der Waals surface area (Å²) >= 11 is 0. The van der Waals surface area contributed by atoms with E-state index in [1.165, 1.54) is 0 Å². The Kier molecular flexibility index (Phi) is 4.94. The maximum absolute atomic E-state index is 12.0. The van der Waals surface area contributed by atoms with Crippen LogP contribution in [0.2, 0.25) is 0 Å². The average Bonchev–Trinajstić information content (AvgIpc) is 2.44. The molecule has 0 atom stereocenters. The Bertz CT molecular complexity index is 472. The molecular formula is C15H20N2O2. The summed E-state index contributed by atoms with van der Waals surface area (Å²) < 4.78 is 5.43. The third-order valence-electron chi connectivity index (χ3n) is 3.49. The first kappa shape index (κ1) is 15.0. The molecule has 0 N–H and O–H groups in total. The second-order valence-corrected chi connectivity index (χ2v) is 5.04. The Balaban J connectivity index is 2.57. The van der Waals surface area contributed by atoms with Crippen LogP contribution in [0, 0.1) is 11.3 Å². The minimum Gasteiger partial charge on any atom is -0.484 e. The van der Waals surface area contributed by atoms with Crippen LogP contribution in [0.4, 0.5) is 0 Å². The van der Waals surface area contributed by atoms with Gasteiger partial charge in [0.2, 0.25) is 0 Å². The van der Waals surface area contributed by atoms with Crippen LogP contribution in [-0.2, 0) is 4.79 Å². The lowest BCUT2D eigenvalue weighted by Gasteiger charge is -2.34. The van der Waals surface area contributed by atoms with Crippen LogP contribution in [0.1, 0.15) is 32.8 Å². The first-order chi connectivity index (χ1) is 8.90. The Morgan fingerprint density at radius 1 is 1.37 bits per heavy atom. The van der Waals surface area contributed by atoms with Gasteiger partial charge in [0, 0.05) is 12.6 Å². The molecule has 0 aliphatic heterocycles. The van der Waals surface area contributed by atoms with E-state index in [0.29, 0.717) is 11.3 Å². The van der Waals surface area contributed by atoms with Crippen molar-refractivity contribution in [3.63, 3.8) is 0 Å². The molecule has 1 rings (SSSR count). The number of carbonyl (C=O) groups excluding carboxylic acids is 1. The Morgan fingerprint density at radius 3 is 2.42 bits per heavy atom. The number of carbonyl (C=O) groups is 1. The third kappa shape index (κ3) is 3.99. The fourth-order valence-corrected chi connectivity index (χ4v) is 1.44. The van der Waals surface area contributed by atoms with Gasteiger partial charge in [-0.1, -0.05) is 6.92 Å². The molecule has 0 heterocycles. The largest absolute Gasteiger partial charge is 0.484 e. The van der Waals surface area contributed by atoms with Gasteiger partial charge in [0.25, 0.3) is 5.91 Å². The molecule has 19 heavy (non-hydrogen) atoms. The fourth-order valence-electron chi connectivity index (χ4n) is 1.44. The van der Waals surface area contributed by atoms with E-state index in [1.54, 1.807) is 36.2 Å². The molecule has 0 saturated heterocycles. The molecule has 0 aliphatic rings. The van der Waals surface area contributed by atoms with Crippen molar-refractivity contribution >= 4 is 5.91 Å². The van der Waals surface area contributed by atoms with Crippen LogP contribution < -0.4 is 4.74 Å². The molecule has 0 unspecified atom stereocenters. The number of hydrogen-bond acceptors (Lipinski definition) is 3. The van der Waals surface area contributed by atoms with Gasteiger partial charge in [-0.25, -0.2) is 0 Å². The fraction of sp³-hybridized carbons (Fsp3) is 0.467. The maximum atomic E-state index is 12.0. The number of ether oxygens (including phenoxy) is 1. The van der Waals surface area contributed by atoms with Gasteiger partial charge < -0.3 is 9.64 Å². The Hall–Kier alpha value is -2.02. The van der Waals surface area contributed by atoms with Crippen molar-refractivity contribution in [2.75, 3.05) is 13.7 Å². The van der Waals surface area contributed by atoms with E-state index in [0.717, 1.165) is 6.42 Å². The lowest BCUT2D eigenvalue weighted by Crippen LogP contribution is -2.46. The number of rotatable bonds is 5. The van der Waals surface area contributed by atoms with Crippen LogP contribution in [-0.4, -0.2) is 30.0 Å². The van der Waals surface area contributed by atoms with Gasteiger partial charge in [-0.3, -0.25) is 4.79 Å². The summed E-state index contributed by atoms with van der Waals surface area (Å²) in [6.45, 7) is 6.09. The van der Waals surface area contributed by atoms with Gasteiger partial charge in [-0.05, 0) is 44.5 Å². The van der Waals surface area contributed by atoms with Crippen LogP contribution >= 0.6 is 0 Å². The molecule has 1 aromatic carbocycles. The second kappa shape index (κ2) is 6.24. The number of benzene rings is 1. The van der Waals surface area contributed by atoms with Gasteiger partial charge in [-0.15, -0.1) is 0 Å². The lowest BCUT2D eigenvalue weighted by molar-refractivity contribution is -0.136. The van der Waals surface area contributed by atoms with Crippen molar-refractivity contribution in [1.29, 1.82) is 5.26 Å². The van der Waals surface area contributed by atoms with E-state index < -0.39 is 0 Å². The van der Waals surface area contributed by atoms with Crippen LogP contribution in [0.25, 0.3) is 0 Å². The summed E-state index contributed by atoms with van der Waals surface area (Å²) in [5.41, 5.74) is 0.397. The Morgan fingerprint density at radius 2 is 1.95 bits per heavy atom. The molecular weight excluding hydrogens is 240 g/mol. The highest BCUT2D eigenvalue weighted by molar-refractivity contribution is 5.78. The average molecular weight is 260 g/mol. The van der Waals surface area contributed by atoms with Gasteiger partial charge in [-0.2, -0.15) is 5.26 Å². The highest BCUT2D eigenvalue weighted by Gasteiger charge is 2.25. The monoisotopic (exact) mass is 260 g/mol. The minimum atomic E-state index is -0.175. The predicted octanol–water partition coefficient (Wildman–Crippen LogP) is 2.58. The van der Waals surface area contributed by atoms with E-state index in [-0.39, 0.29) is 18.1 Å². The van der Waals surface area contributed by atoms with Crippen LogP contribution in [0.3, 0.4) is 0 Å². The van der Waals surface area contributed by atoms with Crippen molar-refractivity contribution in [2.45, 2.75) is 32.7 Å². The minimum absolute atomic E-state index is 0.00578. The summed E-state index contributed by atoms with van der Waals surface area (Å²) in [4.78, 5) is 13.7. The lowest BCUT2D eigenvalue weighted by atomic mass is 10.00. The van der Waals surface area contributed by atoms with E-state index in [4.69, 9.17) is 10.00 Å². The quantitative estimate of drug-likeness (QED) is 0.817. The van der Waals surface area contributed by atoms with Gasteiger partial charge >= 0.3 is 0 Å². The normalized spacial score (nSPS) is 10.7. The summed E-state index contributed by atoms with van der Waals surface area (Å²) in [6.07, 6.45) is 0.881. The summed E-state index contributed by atoms with van der Waals surface area (Å²) in [6, 6.07) is 8.75. The SMILES string of the molecule is CCC(C)(C)N(C)C(=O)COc1ccc(C#N)cc1. The molecule has 1 amide bonds. The first-order valence-corrected chi connectivity index (χ1v) is 6.30. The van der Waals surface area contributed by atoms with Crippen LogP contribution in [0.5, 0.6) is 5.75 Å². The Labute approximate surface area is 114 Å². The standard InChI is InChI=1S/C15H20N2O2/c1-5-15(2,3)17(4)14(18)11-19-13-8-6-12(10-16)7-9-13/h6-9H,5,11H2,1-4H3. The number of nitrogens with zero attached hydrogens (tertiary/aromatic N) is 2. The maximum Gasteiger partial charge on any atom is 0.260 e. The molecule has 4 nitrogen and oxygen atoms in total. The molecule has 0 aromatic heterocycles. The second-order valence-electron chi connectivity index (χ2n) is 5.04. The van der Waals surface area contributed by atoms with Gasteiger partial charge in [0.15, 0.2) is 6.61 Å². The zero-order valence-corrected chi connectivity index (χ0v) is 11.9. The molecule has 0 radical (unpaired) electrons. The molecule has 0 aliphatic carbocycles. The van der Waals surface area contributed by atoms with E-state index in [1.807, 2.05) is 26.8 Å². The zero-order chi connectivity index (χ0) is 14.5. The van der Waals surface area contributed by atoms with E-state index in [2.05, 4.69) is 0 Å². The zero-order valence-electron chi connectivity index (χ0n) is 11.9. The van der Waals surface area contributed by atoms with Crippen LogP contribution in [0.15, 0.2) is 24.3 Å². The third-order valence-corrected chi connectivity index (χ3v) is 3.49.